The molecular weight excluding hydrogens is 308 g/mol. The molecule has 0 atom stereocenters. The predicted octanol–water partition coefficient (Wildman–Crippen LogP) is 1.95. The van der Waals surface area contributed by atoms with E-state index >= 15 is 0 Å². The number of hydrogen-bond donors (Lipinski definition) is 1. The number of carbonyl (C=O) groups is 1. The van der Waals surface area contributed by atoms with Crippen molar-refractivity contribution in [3.8, 4) is 5.75 Å². The molecule has 0 amide bonds. The predicted molar refractivity (Wildman–Crippen MR) is 67.9 cm³/mol. The lowest BCUT2D eigenvalue weighted by atomic mass is 10.2. The quantitative estimate of drug-likeness (QED) is 0.507. The lowest BCUT2D eigenvalue weighted by Crippen LogP contribution is -2.15. The fourth-order valence-corrected chi connectivity index (χ4v) is 1.74. The van der Waals surface area contributed by atoms with Crippen molar-refractivity contribution in [3.63, 3.8) is 0 Å². The monoisotopic (exact) mass is 318 g/mol. The molecule has 8 heteroatoms. The molecule has 0 aliphatic rings. The smallest absolute Gasteiger partial charge is 0.325 e. The van der Waals surface area contributed by atoms with E-state index in [1.165, 1.54) is 26.4 Å². The van der Waals surface area contributed by atoms with Crippen molar-refractivity contribution in [3.05, 3.63) is 26.7 Å². The van der Waals surface area contributed by atoms with E-state index in [1.54, 1.807) is 0 Å². The highest BCUT2D eigenvalue weighted by Gasteiger charge is 2.18. The maximum atomic E-state index is 11.0. The molecule has 1 aromatic carbocycles. The van der Waals surface area contributed by atoms with Crippen LogP contribution < -0.4 is 10.1 Å². The summed E-state index contributed by atoms with van der Waals surface area (Å²) in [4.78, 5) is 21.3. The molecule has 0 unspecified atom stereocenters. The number of nitro groups is 1. The minimum atomic E-state index is -0.561. The number of ether oxygens (including phenoxy) is 2. The van der Waals surface area contributed by atoms with Gasteiger partial charge in [0.05, 0.1) is 29.7 Å². The maximum Gasteiger partial charge on any atom is 0.325 e. The van der Waals surface area contributed by atoms with Crippen molar-refractivity contribution in [2.45, 2.75) is 0 Å². The van der Waals surface area contributed by atoms with Gasteiger partial charge in [0.25, 0.3) is 5.69 Å². The van der Waals surface area contributed by atoms with Crippen molar-refractivity contribution in [2.75, 3.05) is 26.1 Å². The average molecular weight is 319 g/mol. The molecule has 0 aliphatic carbocycles. The molecule has 0 aliphatic heterocycles. The zero-order chi connectivity index (χ0) is 13.7. The lowest BCUT2D eigenvalue weighted by Gasteiger charge is -2.09. The Balaban J connectivity index is 3.05. The molecule has 0 fully saturated rings. The van der Waals surface area contributed by atoms with E-state index in [2.05, 4.69) is 26.0 Å². The number of hydrogen-bond acceptors (Lipinski definition) is 6. The number of esters is 1. The first-order valence-electron chi connectivity index (χ1n) is 4.82. The third-order valence-electron chi connectivity index (χ3n) is 2.12. The highest BCUT2D eigenvalue weighted by atomic mass is 79.9. The molecule has 98 valence electrons. The van der Waals surface area contributed by atoms with Crippen LogP contribution in [0, 0.1) is 10.1 Å². The van der Waals surface area contributed by atoms with Crippen LogP contribution in [0.5, 0.6) is 5.75 Å². The van der Waals surface area contributed by atoms with Gasteiger partial charge >= 0.3 is 5.97 Å². The molecule has 0 radical (unpaired) electrons. The fourth-order valence-electron chi connectivity index (χ4n) is 1.23. The van der Waals surface area contributed by atoms with Crippen LogP contribution in [-0.2, 0) is 9.53 Å². The first-order chi connectivity index (χ1) is 8.49. The Morgan fingerprint density at radius 3 is 2.67 bits per heavy atom. The topological polar surface area (TPSA) is 90.7 Å². The summed E-state index contributed by atoms with van der Waals surface area (Å²) in [6.45, 7) is -0.157. The zero-order valence-electron chi connectivity index (χ0n) is 9.73. The Morgan fingerprint density at radius 1 is 1.50 bits per heavy atom. The highest BCUT2D eigenvalue weighted by Crippen LogP contribution is 2.35. The van der Waals surface area contributed by atoms with Crippen LogP contribution in [0.4, 0.5) is 11.4 Å². The standard InChI is InChI=1S/C10H11BrN2O5/c1-17-9-4-8(13(15)16)7(3-6(9)11)12-5-10(14)18-2/h3-4,12H,5H2,1-2H3. The SMILES string of the molecule is COC(=O)CNc1cc(Br)c(OC)cc1[N+](=O)[O-]. The van der Waals surface area contributed by atoms with Crippen LogP contribution in [-0.4, -0.2) is 31.7 Å². The average Bonchev–Trinajstić information content (AvgIpc) is 2.35. The molecule has 0 saturated carbocycles. The van der Waals surface area contributed by atoms with Crippen molar-refractivity contribution >= 4 is 33.3 Å². The fraction of sp³-hybridized carbons (Fsp3) is 0.300. The van der Waals surface area contributed by atoms with Gasteiger partial charge in [-0.25, -0.2) is 0 Å². The van der Waals surface area contributed by atoms with E-state index in [4.69, 9.17) is 4.74 Å². The van der Waals surface area contributed by atoms with Gasteiger partial charge in [-0.15, -0.1) is 0 Å². The Labute approximate surface area is 111 Å². The first kappa shape index (κ1) is 14.2. The van der Waals surface area contributed by atoms with Gasteiger partial charge in [-0.2, -0.15) is 0 Å². The Bertz CT molecular complexity index is 478. The molecule has 1 aromatic rings. The molecule has 7 nitrogen and oxygen atoms in total. The van der Waals surface area contributed by atoms with Crippen molar-refractivity contribution < 1.29 is 19.2 Å². The number of benzene rings is 1. The third-order valence-corrected chi connectivity index (χ3v) is 2.74. The number of rotatable bonds is 5. The minimum absolute atomic E-state index is 0.157. The molecule has 0 heterocycles. The van der Waals surface area contributed by atoms with Crippen molar-refractivity contribution in [1.29, 1.82) is 0 Å². The first-order valence-corrected chi connectivity index (χ1v) is 5.61. The van der Waals surface area contributed by atoms with Crippen LogP contribution in [0.3, 0.4) is 0 Å². The van der Waals surface area contributed by atoms with E-state index < -0.39 is 10.9 Å². The van der Waals surface area contributed by atoms with Crippen LogP contribution in [0.2, 0.25) is 0 Å². The molecule has 18 heavy (non-hydrogen) atoms. The molecule has 1 rings (SSSR count). The summed E-state index contributed by atoms with van der Waals surface area (Å²) in [5, 5.41) is 13.5. The Hall–Kier alpha value is -1.83. The number of nitro benzene ring substituents is 1. The number of methoxy groups -OCH3 is 2. The van der Waals surface area contributed by atoms with E-state index in [9.17, 15) is 14.9 Å². The Morgan fingerprint density at radius 2 is 2.17 bits per heavy atom. The summed E-state index contributed by atoms with van der Waals surface area (Å²) in [6.07, 6.45) is 0. The number of nitrogens with zero attached hydrogens (tertiary/aromatic N) is 1. The van der Waals surface area contributed by atoms with Crippen LogP contribution in [0.1, 0.15) is 0 Å². The van der Waals surface area contributed by atoms with Crippen LogP contribution in [0.25, 0.3) is 0 Å². The number of halogens is 1. The summed E-state index contributed by atoms with van der Waals surface area (Å²) in [7, 11) is 2.65. The van der Waals surface area contributed by atoms with Crippen molar-refractivity contribution in [2.24, 2.45) is 0 Å². The molecule has 0 bridgehead atoms. The van der Waals surface area contributed by atoms with Gasteiger partial charge in [0.2, 0.25) is 0 Å². The van der Waals surface area contributed by atoms with Gasteiger partial charge in [0, 0.05) is 0 Å². The second-order valence-electron chi connectivity index (χ2n) is 3.19. The maximum absolute atomic E-state index is 11.0. The largest absolute Gasteiger partial charge is 0.495 e. The second kappa shape index (κ2) is 6.20. The lowest BCUT2D eigenvalue weighted by molar-refractivity contribution is -0.384. The van der Waals surface area contributed by atoms with Crippen molar-refractivity contribution in [1.82, 2.24) is 0 Å². The van der Waals surface area contributed by atoms with Gasteiger partial charge in [-0.3, -0.25) is 14.9 Å². The molecular formula is C10H11BrN2O5. The number of anilines is 1. The molecule has 0 saturated heterocycles. The molecule has 0 spiro atoms. The summed E-state index contributed by atoms with van der Waals surface area (Å²) < 4.78 is 9.95. The third kappa shape index (κ3) is 3.33. The summed E-state index contributed by atoms with van der Waals surface area (Å²) in [5.74, 6) is -0.179. The summed E-state index contributed by atoms with van der Waals surface area (Å²) in [6, 6.07) is 2.74. The zero-order valence-corrected chi connectivity index (χ0v) is 11.3. The van der Waals surface area contributed by atoms with Gasteiger partial charge < -0.3 is 14.8 Å². The van der Waals surface area contributed by atoms with Crippen LogP contribution >= 0.6 is 15.9 Å². The van der Waals surface area contributed by atoms with E-state index in [1.807, 2.05) is 0 Å². The van der Waals surface area contributed by atoms with Gasteiger partial charge in [-0.05, 0) is 22.0 Å². The highest BCUT2D eigenvalue weighted by molar-refractivity contribution is 9.10. The summed E-state index contributed by atoms with van der Waals surface area (Å²) >= 11 is 3.21. The number of nitrogens with one attached hydrogen (secondary N) is 1. The van der Waals surface area contributed by atoms with Gasteiger partial charge in [0.1, 0.15) is 18.0 Å². The minimum Gasteiger partial charge on any atom is -0.495 e. The molecule has 0 aromatic heterocycles. The second-order valence-corrected chi connectivity index (χ2v) is 4.05. The van der Waals surface area contributed by atoms with Crippen LogP contribution in [0.15, 0.2) is 16.6 Å². The van der Waals surface area contributed by atoms with E-state index in [0.717, 1.165) is 0 Å². The van der Waals surface area contributed by atoms with E-state index in [-0.39, 0.29) is 17.9 Å². The normalized spacial score (nSPS) is 9.72. The molecule has 1 N–H and O–H groups in total. The van der Waals surface area contributed by atoms with Gasteiger partial charge in [0.15, 0.2) is 0 Å². The van der Waals surface area contributed by atoms with E-state index in [0.29, 0.717) is 10.2 Å². The summed E-state index contributed by atoms with van der Waals surface area (Å²) in [5.41, 5.74) is 0.0250. The van der Waals surface area contributed by atoms with Gasteiger partial charge in [-0.1, -0.05) is 0 Å². The Kier molecular flexibility index (Phi) is 4.90. The number of carbonyl (C=O) groups excluding carboxylic acids is 1.